The van der Waals surface area contributed by atoms with Crippen LogP contribution < -0.4 is 5.32 Å². The molecule has 2 N–H and O–H groups in total. The van der Waals surface area contributed by atoms with Crippen LogP contribution >= 0.6 is 24.8 Å². The molecule has 1 aliphatic heterocycles. The second-order valence-corrected chi connectivity index (χ2v) is 11.0. The van der Waals surface area contributed by atoms with Crippen LogP contribution in [0.5, 0.6) is 0 Å². The number of amides is 1. The smallest absolute Gasteiger partial charge is 0.275 e. The van der Waals surface area contributed by atoms with Crippen molar-refractivity contribution in [2.45, 2.75) is 56.7 Å². The van der Waals surface area contributed by atoms with Crippen LogP contribution in [0.3, 0.4) is 0 Å². The van der Waals surface area contributed by atoms with Gasteiger partial charge >= 0.3 is 0 Å². The monoisotopic (exact) mass is 587 g/mol. The summed E-state index contributed by atoms with van der Waals surface area (Å²) in [5, 5.41) is 15.4. The fourth-order valence-electron chi connectivity index (χ4n) is 6.23. The molecule has 1 saturated carbocycles. The highest BCUT2D eigenvalue weighted by molar-refractivity contribution is 5.98. The molecule has 0 bridgehead atoms. The number of hydrogen-bond donors (Lipinski definition) is 2. The van der Waals surface area contributed by atoms with Gasteiger partial charge in [0.05, 0.1) is 23.7 Å². The van der Waals surface area contributed by atoms with Crippen molar-refractivity contribution in [3.8, 4) is 11.3 Å². The molecule has 2 heterocycles. The summed E-state index contributed by atoms with van der Waals surface area (Å²) < 4.78 is 2.11. The summed E-state index contributed by atoms with van der Waals surface area (Å²) in [4.78, 5) is 23.2. The third kappa shape index (κ3) is 6.89. The maximum Gasteiger partial charge on any atom is 0.275 e. The van der Waals surface area contributed by atoms with Gasteiger partial charge in [0.1, 0.15) is 0 Å². The Bertz CT molecular complexity index is 1210. The lowest BCUT2D eigenvalue weighted by Gasteiger charge is -2.43. The van der Waals surface area contributed by atoms with Gasteiger partial charge in [-0.15, -0.1) is 24.8 Å². The van der Waals surface area contributed by atoms with Crippen molar-refractivity contribution in [3.05, 3.63) is 78.2 Å². The molecule has 3 atom stereocenters. The molecule has 7 nitrogen and oxygen atoms in total. The van der Waals surface area contributed by atoms with Gasteiger partial charge in [0.25, 0.3) is 5.91 Å². The molecule has 9 heteroatoms. The van der Waals surface area contributed by atoms with E-state index in [0.717, 1.165) is 63.0 Å². The van der Waals surface area contributed by atoms with E-state index < -0.39 is 5.60 Å². The first-order valence-electron chi connectivity index (χ1n) is 14.1. The van der Waals surface area contributed by atoms with E-state index in [1.807, 2.05) is 53.4 Å². The van der Waals surface area contributed by atoms with Crippen molar-refractivity contribution in [1.29, 1.82) is 0 Å². The van der Waals surface area contributed by atoms with Gasteiger partial charge in [0.2, 0.25) is 0 Å². The summed E-state index contributed by atoms with van der Waals surface area (Å²) >= 11 is 0. The Hall–Kier alpha value is -2.42. The second kappa shape index (κ2) is 14.5. The van der Waals surface area contributed by atoms with Crippen LogP contribution in [0.4, 0.5) is 0 Å². The molecular formula is C31H43Cl2N5O2. The minimum Gasteiger partial charge on any atom is -0.386 e. The van der Waals surface area contributed by atoms with E-state index in [0.29, 0.717) is 18.8 Å². The number of carbonyl (C=O) groups excluding carboxylic acids is 1. The molecule has 3 aromatic rings. The van der Waals surface area contributed by atoms with Gasteiger partial charge in [-0.25, -0.2) is 4.98 Å². The Morgan fingerprint density at radius 3 is 2.50 bits per heavy atom. The highest BCUT2D eigenvalue weighted by Crippen LogP contribution is 2.41. The molecular weight excluding hydrogens is 545 g/mol. The summed E-state index contributed by atoms with van der Waals surface area (Å²) in [6, 6.07) is 20.4. The Kier molecular flexibility index (Phi) is 11.6. The number of aromatic nitrogens is 2. The van der Waals surface area contributed by atoms with Crippen LogP contribution in [-0.2, 0) is 6.42 Å². The summed E-state index contributed by atoms with van der Waals surface area (Å²) in [5.41, 5.74) is 2.60. The maximum absolute atomic E-state index is 14.2. The second-order valence-electron chi connectivity index (χ2n) is 11.0. The molecule has 1 aliphatic carbocycles. The zero-order chi connectivity index (χ0) is 26.5. The predicted molar refractivity (Wildman–Crippen MR) is 166 cm³/mol. The third-order valence-corrected chi connectivity index (χ3v) is 8.35. The summed E-state index contributed by atoms with van der Waals surface area (Å²) in [7, 11) is 2.06. The number of nitrogens with one attached hydrogen (secondary N) is 1. The van der Waals surface area contributed by atoms with Crippen LogP contribution in [0.1, 0.15) is 54.7 Å². The van der Waals surface area contributed by atoms with Gasteiger partial charge in [0.15, 0.2) is 5.69 Å². The largest absolute Gasteiger partial charge is 0.386 e. The zero-order valence-corrected chi connectivity index (χ0v) is 25.2. The number of rotatable bonds is 8. The van der Waals surface area contributed by atoms with Crippen molar-refractivity contribution < 1.29 is 9.90 Å². The SMILES string of the molecule is CCN(C)CC1(O)CCCCC1n1cnc(C(=O)N2CCNC[C@H]2Cc2ccccc2)c1-c1ccccc1.Cl.Cl. The average Bonchev–Trinajstić information content (AvgIpc) is 3.39. The summed E-state index contributed by atoms with van der Waals surface area (Å²) in [6.45, 7) is 5.76. The molecule has 0 spiro atoms. The lowest BCUT2D eigenvalue weighted by molar-refractivity contribution is -0.0598. The lowest BCUT2D eigenvalue weighted by atomic mass is 9.79. The van der Waals surface area contributed by atoms with Crippen LogP contribution in [0.15, 0.2) is 67.0 Å². The summed E-state index contributed by atoms with van der Waals surface area (Å²) in [5.74, 6) is -0.0324. The van der Waals surface area contributed by atoms with Gasteiger partial charge in [-0.2, -0.15) is 0 Å². The van der Waals surface area contributed by atoms with Crippen LogP contribution in [0.25, 0.3) is 11.3 Å². The predicted octanol–water partition coefficient (Wildman–Crippen LogP) is 4.85. The van der Waals surface area contributed by atoms with E-state index in [9.17, 15) is 9.90 Å². The first-order valence-corrected chi connectivity index (χ1v) is 14.1. The molecule has 2 fully saturated rings. The molecule has 2 unspecified atom stereocenters. The molecule has 1 amide bonds. The Morgan fingerprint density at radius 2 is 1.80 bits per heavy atom. The highest BCUT2D eigenvalue weighted by atomic mass is 35.5. The number of benzene rings is 2. The van der Waals surface area contributed by atoms with E-state index in [-0.39, 0.29) is 42.8 Å². The van der Waals surface area contributed by atoms with E-state index in [2.05, 4.69) is 40.9 Å². The van der Waals surface area contributed by atoms with E-state index >= 15 is 0 Å². The number of nitrogens with zero attached hydrogens (tertiary/aromatic N) is 4. The maximum atomic E-state index is 14.2. The fourth-order valence-corrected chi connectivity index (χ4v) is 6.23. The van der Waals surface area contributed by atoms with Gasteiger partial charge in [-0.3, -0.25) is 4.79 Å². The number of imidazole rings is 1. The van der Waals surface area contributed by atoms with E-state index in [1.54, 1.807) is 6.33 Å². The van der Waals surface area contributed by atoms with Crippen LogP contribution in [0.2, 0.25) is 0 Å². The van der Waals surface area contributed by atoms with Gasteiger partial charge in [-0.1, -0.05) is 80.4 Å². The minimum absolute atomic E-state index is 0. The third-order valence-electron chi connectivity index (χ3n) is 8.35. The topological polar surface area (TPSA) is 73.6 Å². The molecule has 2 aromatic carbocycles. The summed E-state index contributed by atoms with van der Waals surface area (Å²) in [6.07, 6.45) is 6.27. The first-order chi connectivity index (χ1) is 18.5. The van der Waals surface area contributed by atoms with Crippen molar-refractivity contribution in [2.24, 2.45) is 0 Å². The van der Waals surface area contributed by atoms with Crippen molar-refractivity contribution in [3.63, 3.8) is 0 Å². The number of halogens is 2. The average molecular weight is 589 g/mol. The Morgan fingerprint density at radius 1 is 1.10 bits per heavy atom. The molecule has 0 radical (unpaired) electrons. The van der Waals surface area contributed by atoms with Crippen molar-refractivity contribution in [2.75, 3.05) is 39.8 Å². The van der Waals surface area contributed by atoms with Crippen molar-refractivity contribution in [1.82, 2.24) is 24.7 Å². The molecule has 1 saturated heterocycles. The van der Waals surface area contributed by atoms with Crippen LogP contribution in [0, 0.1) is 0 Å². The van der Waals surface area contributed by atoms with E-state index in [1.165, 1.54) is 5.56 Å². The Labute approximate surface area is 250 Å². The van der Waals surface area contributed by atoms with Gasteiger partial charge in [-0.05, 0) is 38.4 Å². The Balaban J connectivity index is 0.00000220. The minimum atomic E-state index is -0.877. The number of likely N-dealkylation sites (N-methyl/N-ethyl adjacent to an activating group) is 1. The molecule has 2 aliphatic rings. The van der Waals surface area contributed by atoms with Crippen molar-refractivity contribution >= 4 is 30.7 Å². The standard InChI is InChI=1S/C31H41N5O2.2ClH/c1-3-34(2)22-31(38)17-11-10-16-27(31)36-23-33-28(29(36)25-14-8-5-9-15-25)30(37)35-19-18-32-21-26(35)20-24-12-6-4-7-13-24;;/h4-9,12-15,23,26-27,32,38H,3,10-11,16-22H2,1-2H3;2*1H/t26-,27?,31?;;/m1../s1. The normalized spacial score (nSPS) is 22.9. The van der Waals surface area contributed by atoms with Gasteiger partial charge in [0, 0.05) is 37.8 Å². The van der Waals surface area contributed by atoms with Gasteiger partial charge < -0.3 is 24.8 Å². The van der Waals surface area contributed by atoms with Crippen LogP contribution in [-0.4, -0.2) is 81.8 Å². The number of piperazine rings is 1. The lowest BCUT2D eigenvalue weighted by Crippen LogP contribution is -2.54. The number of hydrogen-bond acceptors (Lipinski definition) is 5. The fraction of sp³-hybridized carbons (Fsp3) is 0.484. The highest BCUT2D eigenvalue weighted by Gasteiger charge is 2.42. The molecule has 5 rings (SSSR count). The molecule has 218 valence electrons. The number of aliphatic hydroxyl groups is 1. The first kappa shape index (κ1) is 32.1. The molecule has 40 heavy (non-hydrogen) atoms. The molecule has 1 aromatic heterocycles. The van der Waals surface area contributed by atoms with E-state index in [4.69, 9.17) is 4.98 Å². The quantitative estimate of drug-likeness (QED) is 0.394. The zero-order valence-electron chi connectivity index (χ0n) is 23.5. The number of carbonyl (C=O) groups is 1.